The number of carbonyl (C=O) groups is 1. The van der Waals surface area contributed by atoms with E-state index in [9.17, 15) is 13.2 Å². The summed E-state index contributed by atoms with van der Waals surface area (Å²) in [7, 11) is -3.27. The quantitative estimate of drug-likeness (QED) is 0.638. The summed E-state index contributed by atoms with van der Waals surface area (Å²) in [5, 5.41) is 8.65. The van der Waals surface area contributed by atoms with Crippen molar-refractivity contribution >= 4 is 15.7 Å². The van der Waals surface area contributed by atoms with Crippen molar-refractivity contribution in [2.45, 2.75) is 25.2 Å². The molecule has 1 amide bonds. The van der Waals surface area contributed by atoms with E-state index in [1.807, 2.05) is 6.92 Å². The molecule has 0 aromatic heterocycles. The van der Waals surface area contributed by atoms with E-state index in [1.165, 1.54) is 0 Å². The summed E-state index contributed by atoms with van der Waals surface area (Å²) in [6.07, 6.45) is 0.154. The fourth-order valence-corrected chi connectivity index (χ4v) is 3.05. The number of aliphatic hydroxyl groups excluding tert-OH is 1. The Morgan fingerprint density at radius 3 is 2.61 bits per heavy atom. The molecule has 0 aliphatic carbocycles. The Hall–Kier alpha value is -1.44. The van der Waals surface area contributed by atoms with Crippen LogP contribution in [-0.4, -0.2) is 63.0 Å². The molecule has 1 rings (SSSR count). The summed E-state index contributed by atoms with van der Waals surface area (Å²) in [5.74, 6) is -0.0422. The van der Waals surface area contributed by atoms with Crippen molar-refractivity contribution in [1.29, 1.82) is 0 Å². The molecule has 7 heteroatoms. The zero-order chi connectivity index (χ0) is 17.3. The van der Waals surface area contributed by atoms with Crippen molar-refractivity contribution in [3.8, 4) is 0 Å². The molecule has 0 unspecified atom stereocenters. The first-order chi connectivity index (χ1) is 10.9. The molecule has 130 valence electrons. The predicted molar refractivity (Wildman–Crippen MR) is 88.0 cm³/mol. The standard InChI is InChI=1S/C16H25NO5S/c1-3-17(8-10-22-11-9-18)16(19)13-14-6-5-7-15(12-14)23(20,21)4-2/h5-7,12,18H,3-4,8-11,13H2,1-2H3. The minimum atomic E-state index is -3.27. The fraction of sp³-hybridized carbons (Fsp3) is 0.562. The number of sulfone groups is 1. The van der Waals surface area contributed by atoms with Gasteiger partial charge < -0.3 is 14.7 Å². The molecule has 6 nitrogen and oxygen atoms in total. The lowest BCUT2D eigenvalue weighted by atomic mass is 10.1. The molecular formula is C16H25NO5S. The number of amides is 1. The zero-order valence-electron chi connectivity index (χ0n) is 13.7. The maximum absolute atomic E-state index is 12.3. The van der Waals surface area contributed by atoms with E-state index in [1.54, 1.807) is 36.1 Å². The summed E-state index contributed by atoms with van der Waals surface area (Å²) in [6, 6.07) is 6.52. The first-order valence-corrected chi connectivity index (χ1v) is 9.37. The van der Waals surface area contributed by atoms with Crippen molar-refractivity contribution < 1.29 is 23.1 Å². The molecule has 23 heavy (non-hydrogen) atoms. The second kappa shape index (κ2) is 9.64. The highest BCUT2D eigenvalue weighted by atomic mass is 32.2. The summed E-state index contributed by atoms with van der Waals surface area (Å²) in [5.41, 5.74) is 0.680. The molecular weight excluding hydrogens is 318 g/mol. The third-order valence-electron chi connectivity index (χ3n) is 3.47. The Balaban J connectivity index is 2.70. The van der Waals surface area contributed by atoms with Crippen molar-refractivity contribution in [3.05, 3.63) is 29.8 Å². The lowest BCUT2D eigenvalue weighted by Gasteiger charge is -2.21. The van der Waals surface area contributed by atoms with Crippen LogP contribution in [0.1, 0.15) is 19.4 Å². The molecule has 0 aliphatic rings. The summed E-state index contributed by atoms with van der Waals surface area (Å²) in [6.45, 7) is 5.04. The highest BCUT2D eigenvalue weighted by Gasteiger charge is 2.15. The number of carbonyl (C=O) groups excluding carboxylic acids is 1. The van der Waals surface area contributed by atoms with Crippen LogP contribution in [0, 0.1) is 0 Å². The Bertz CT molecular complexity index is 600. The molecule has 0 saturated carbocycles. The van der Waals surface area contributed by atoms with Crippen LogP contribution in [0.5, 0.6) is 0 Å². The minimum Gasteiger partial charge on any atom is -0.394 e. The van der Waals surface area contributed by atoms with Crippen LogP contribution in [0.25, 0.3) is 0 Å². The normalized spacial score (nSPS) is 11.4. The average molecular weight is 343 g/mol. The minimum absolute atomic E-state index is 0.0354. The molecule has 0 aliphatic heterocycles. The van der Waals surface area contributed by atoms with Gasteiger partial charge in [-0.15, -0.1) is 0 Å². The van der Waals surface area contributed by atoms with E-state index < -0.39 is 9.84 Å². The van der Waals surface area contributed by atoms with E-state index >= 15 is 0 Å². The second-order valence-corrected chi connectivity index (χ2v) is 7.32. The molecule has 0 atom stereocenters. The van der Waals surface area contributed by atoms with Crippen molar-refractivity contribution in [3.63, 3.8) is 0 Å². The van der Waals surface area contributed by atoms with E-state index in [0.717, 1.165) is 0 Å². The van der Waals surface area contributed by atoms with Gasteiger partial charge in [-0.2, -0.15) is 0 Å². The molecule has 0 heterocycles. The Morgan fingerprint density at radius 1 is 1.26 bits per heavy atom. The fourth-order valence-electron chi connectivity index (χ4n) is 2.10. The summed E-state index contributed by atoms with van der Waals surface area (Å²) >= 11 is 0. The van der Waals surface area contributed by atoms with Crippen LogP contribution in [0.2, 0.25) is 0 Å². The van der Waals surface area contributed by atoms with Gasteiger partial charge in [0.05, 0.1) is 36.9 Å². The Morgan fingerprint density at radius 2 is 2.00 bits per heavy atom. The second-order valence-electron chi connectivity index (χ2n) is 5.04. The maximum atomic E-state index is 12.3. The monoisotopic (exact) mass is 343 g/mol. The maximum Gasteiger partial charge on any atom is 0.227 e. The predicted octanol–water partition coefficient (Wildman–Crippen LogP) is 0.880. The number of hydrogen-bond acceptors (Lipinski definition) is 5. The van der Waals surface area contributed by atoms with Gasteiger partial charge in [0.2, 0.25) is 5.91 Å². The van der Waals surface area contributed by atoms with Crippen molar-refractivity contribution in [2.24, 2.45) is 0 Å². The van der Waals surface area contributed by atoms with Gasteiger partial charge >= 0.3 is 0 Å². The van der Waals surface area contributed by atoms with Crippen LogP contribution < -0.4 is 0 Å². The summed E-state index contributed by atoms with van der Waals surface area (Å²) in [4.78, 5) is 14.2. The van der Waals surface area contributed by atoms with Crippen LogP contribution in [0.3, 0.4) is 0 Å². The number of nitrogens with zero attached hydrogens (tertiary/aromatic N) is 1. The van der Waals surface area contributed by atoms with E-state index in [2.05, 4.69) is 0 Å². The SMILES string of the molecule is CCN(CCOCCO)C(=O)Cc1cccc(S(=O)(=O)CC)c1. The highest BCUT2D eigenvalue weighted by Crippen LogP contribution is 2.14. The molecule has 1 N–H and O–H groups in total. The molecule has 0 saturated heterocycles. The number of aliphatic hydroxyl groups is 1. The van der Waals surface area contributed by atoms with Gasteiger partial charge in [-0.1, -0.05) is 19.1 Å². The van der Waals surface area contributed by atoms with Crippen LogP contribution in [0.4, 0.5) is 0 Å². The molecule has 0 bridgehead atoms. The van der Waals surface area contributed by atoms with Gasteiger partial charge in [0.25, 0.3) is 0 Å². The molecule has 0 spiro atoms. The Kier molecular flexibility index (Phi) is 8.22. The molecule has 0 radical (unpaired) electrons. The van der Waals surface area contributed by atoms with Gasteiger partial charge in [0, 0.05) is 13.1 Å². The molecule has 0 fully saturated rings. The number of benzene rings is 1. The van der Waals surface area contributed by atoms with E-state index in [0.29, 0.717) is 25.3 Å². The van der Waals surface area contributed by atoms with Crippen molar-refractivity contribution in [2.75, 3.05) is 38.7 Å². The van der Waals surface area contributed by atoms with Crippen LogP contribution in [0.15, 0.2) is 29.2 Å². The van der Waals surface area contributed by atoms with Crippen molar-refractivity contribution in [1.82, 2.24) is 4.90 Å². The van der Waals surface area contributed by atoms with Gasteiger partial charge in [0.1, 0.15) is 0 Å². The number of hydrogen-bond donors (Lipinski definition) is 1. The molecule has 1 aromatic carbocycles. The van der Waals surface area contributed by atoms with Gasteiger partial charge in [0.15, 0.2) is 9.84 Å². The van der Waals surface area contributed by atoms with Crippen LogP contribution in [-0.2, 0) is 25.8 Å². The van der Waals surface area contributed by atoms with E-state index in [-0.39, 0.29) is 36.2 Å². The third-order valence-corrected chi connectivity index (χ3v) is 5.20. The molecule has 1 aromatic rings. The number of ether oxygens (including phenoxy) is 1. The average Bonchev–Trinajstić information content (AvgIpc) is 2.55. The largest absolute Gasteiger partial charge is 0.394 e. The van der Waals surface area contributed by atoms with Crippen LogP contribution >= 0.6 is 0 Å². The number of rotatable bonds is 10. The van der Waals surface area contributed by atoms with Gasteiger partial charge in [-0.3, -0.25) is 4.79 Å². The topological polar surface area (TPSA) is 83.9 Å². The first-order valence-electron chi connectivity index (χ1n) is 7.72. The zero-order valence-corrected chi connectivity index (χ0v) is 14.5. The lowest BCUT2D eigenvalue weighted by Crippen LogP contribution is -2.35. The Labute approximate surface area is 138 Å². The van der Waals surface area contributed by atoms with E-state index in [4.69, 9.17) is 9.84 Å². The van der Waals surface area contributed by atoms with Gasteiger partial charge in [-0.05, 0) is 24.6 Å². The smallest absolute Gasteiger partial charge is 0.227 e. The highest BCUT2D eigenvalue weighted by molar-refractivity contribution is 7.91. The summed E-state index contributed by atoms with van der Waals surface area (Å²) < 4.78 is 29.0. The number of likely N-dealkylation sites (N-methyl/N-ethyl adjacent to an activating group) is 1. The first kappa shape index (κ1) is 19.6. The third kappa shape index (κ3) is 6.29. The van der Waals surface area contributed by atoms with Gasteiger partial charge in [-0.25, -0.2) is 8.42 Å². The lowest BCUT2D eigenvalue weighted by molar-refractivity contribution is -0.131.